The highest BCUT2D eigenvalue weighted by Crippen LogP contribution is 2.38. The van der Waals surface area contributed by atoms with Crippen molar-refractivity contribution in [2.45, 2.75) is 13.3 Å². The zero-order chi connectivity index (χ0) is 13.8. The van der Waals surface area contributed by atoms with Gasteiger partial charge in [0.1, 0.15) is 6.61 Å². The van der Waals surface area contributed by atoms with E-state index in [1.165, 1.54) is 7.11 Å². The van der Waals surface area contributed by atoms with E-state index < -0.39 is 0 Å². The summed E-state index contributed by atoms with van der Waals surface area (Å²) in [6.07, 6.45) is 0.954. The maximum atomic E-state index is 11.8. The molecule has 5 heteroatoms. The largest absolute Gasteiger partial charge is 0.375 e. The van der Waals surface area contributed by atoms with Crippen molar-refractivity contribution >= 4 is 23.2 Å². The number of anilines is 2. The molecule has 2 atom stereocenters. The molecule has 0 unspecified atom stereocenters. The van der Waals surface area contributed by atoms with Crippen LogP contribution in [0.15, 0.2) is 24.3 Å². The maximum absolute atomic E-state index is 11.8. The minimum absolute atomic E-state index is 0.0101. The second-order valence-electron chi connectivity index (χ2n) is 4.87. The van der Waals surface area contributed by atoms with E-state index in [1.54, 1.807) is 24.3 Å². The van der Waals surface area contributed by atoms with E-state index >= 15 is 0 Å². The zero-order valence-corrected chi connectivity index (χ0v) is 11.1. The molecule has 102 valence electrons. The van der Waals surface area contributed by atoms with Crippen molar-refractivity contribution in [3.63, 3.8) is 0 Å². The number of benzene rings is 1. The number of carbonyl (C=O) groups is 2. The van der Waals surface area contributed by atoms with Crippen molar-refractivity contribution in [3.8, 4) is 0 Å². The van der Waals surface area contributed by atoms with Gasteiger partial charge in [-0.05, 0) is 30.5 Å². The summed E-state index contributed by atoms with van der Waals surface area (Å²) in [6, 6.07) is 7.09. The third kappa shape index (κ3) is 3.79. The molecule has 0 saturated heterocycles. The molecule has 0 bridgehead atoms. The fourth-order valence-corrected chi connectivity index (χ4v) is 1.93. The van der Waals surface area contributed by atoms with Gasteiger partial charge in [-0.1, -0.05) is 13.0 Å². The summed E-state index contributed by atoms with van der Waals surface area (Å²) in [5, 5.41) is 5.55. The molecular formula is C14H18N2O3. The van der Waals surface area contributed by atoms with Crippen LogP contribution in [0.2, 0.25) is 0 Å². The zero-order valence-electron chi connectivity index (χ0n) is 11.1. The van der Waals surface area contributed by atoms with Crippen molar-refractivity contribution in [2.75, 3.05) is 24.4 Å². The van der Waals surface area contributed by atoms with Gasteiger partial charge in [-0.2, -0.15) is 0 Å². The Labute approximate surface area is 112 Å². The lowest BCUT2D eigenvalue weighted by molar-refractivity contribution is -0.119. The molecule has 0 spiro atoms. The molecule has 0 aliphatic heterocycles. The van der Waals surface area contributed by atoms with E-state index in [4.69, 9.17) is 4.74 Å². The Balaban J connectivity index is 1.95. The molecule has 5 nitrogen and oxygen atoms in total. The molecule has 1 fully saturated rings. The summed E-state index contributed by atoms with van der Waals surface area (Å²) in [7, 11) is 1.47. The molecule has 0 heterocycles. The summed E-state index contributed by atoms with van der Waals surface area (Å²) in [5.41, 5.74) is 1.34. The molecule has 1 aliphatic carbocycles. The standard InChI is InChI=1S/C14H18N2O3/c1-9-6-12(9)14(18)16-11-5-3-4-10(7-11)15-13(17)8-19-2/h3-5,7,9,12H,6,8H2,1-2H3,(H,15,17)(H,16,18)/t9-,12+/m1/s1. The van der Waals surface area contributed by atoms with Crippen LogP contribution in [0.25, 0.3) is 0 Å². The predicted molar refractivity (Wildman–Crippen MR) is 72.8 cm³/mol. The van der Waals surface area contributed by atoms with Crippen LogP contribution in [0.5, 0.6) is 0 Å². The van der Waals surface area contributed by atoms with Crippen molar-refractivity contribution in [3.05, 3.63) is 24.3 Å². The highest BCUT2D eigenvalue weighted by molar-refractivity contribution is 5.96. The van der Waals surface area contributed by atoms with Crippen LogP contribution in [0.1, 0.15) is 13.3 Å². The van der Waals surface area contributed by atoms with Crippen LogP contribution in [0.3, 0.4) is 0 Å². The fraction of sp³-hybridized carbons (Fsp3) is 0.429. The quantitative estimate of drug-likeness (QED) is 0.851. The predicted octanol–water partition coefficient (Wildman–Crippen LogP) is 1.87. The van der Waals surface area contributed by atoms with E-state index in [-0.39, 0.29) is 24.3 Å². The normalized spacial score (nSPS) is 20.7. The monoisotopic (exact) mass is 262 g/mol. The second-order valence-corrected chi connectivity index (χ2v) is 4.87. The van der Waals surface area contributed by atoms with Crippen LogP contribution < -0.4 is 10.6 Å². The lowest BCUT2D eigenvalue weighted by Gasteiger charge is -2.08. The smallest absolute Gasteiger partial charge is 0.250 e. The van der Waals surface area contributed by atoms with E-state index in [9.17, 15) is 9.59 Å². The van der Waals surface area contributed by atoms with E-state index in [0.717, 1.165) is 6.42 Å². The van der Waals surface area contributed by atoms with Crippen molar-refractivity contribution in [1.29, 1.82) is 0 Å². The summed E-state index contributed by atoms with van der Waals surface area (Å²) in [4.78, 5) is 23.2. The molecule has 1 aliphatic rings. The minimum atomic E-state index is -0.221. The second kappa shape index (κ2) is 5.84. The van der Waals surface area contributed by atoms with Crippen molar-refractivity contribution in [1.82, 2.24) is 0 Å². The average Bonchev–Trinajstić information content (AvgIpc) is 3.07. The lowest BCUT2D eigenvalue weighted by atomic mass is 10.2. The van der Waals surface area contributed by atoms with Crippen LogP contribution >= 0.6 is 0 Å². The third-order valence-electron chi connectivity index (χ3n) is 3.14. The van der Waals surface area contributed by atoms with Gasteiger partial charge in [0, 0.05) is 24.4 Å². The third-order valence-corrected chi connectivity index (χ3v) is 3.14. The fourth-order valence-electron chi connectivity index (χ4n) is 1.93. The highest BCUT2D eigenvalue weighted by Gasteiger charge is 2.39. The Kier molecular flexibility index (Phi) is 4.16. The van der Waals surface area contributed by atoms with Crippen LogP contribution in [0.4, 0.5) is 11.4 Å². The van der Waals surface area contributed by atoms with E-state index in [2.05, 4.69) is 17.6 Å². The number of nitrogens with one attached hydrogen (secondary N) is 2. The first-order valence-corrected chi connectivity index (χ1v) is 6.30. The molecule has 0 radical (unpaired) electrons. The van der Waals surface area contributed by atoms with Crippen LogP contribution in [-0.4, -0.2) is 25.5 Å². The van der Waals surface area contributed by atoms with Crippen LogP contribution in [-0.2, 0) is 14.3 Å². The summed E-state index contributed by atoms with van der Waals surface area (Å²) < 4.78 is 4.74. The Hall–Kier alpha value is -1.88. The van der Waals surface area contributed by atoms with Gasteiger partial charge in [0.2, 0.25) is 11.8 Å². The van der Waals surface area contributed by atoms with Gasteiger partial charge in [0.15, 0.2) is 0 Å². The lowest BCUT2D eigenvalue weighted by Crippen LogP contribution is -2.18. The summed E-state index contributed by atoms with van der Waals surface area (Å²) >= 11 is 0. The van der Waals surface area contributed by atoms with Gasteiger partial charge in [-0.3, -0.25) is 9.59 Å². The molecule has 19 heavy (non-hydrogen) atoms. The SMILES string of the molecule is COCC(=O)Nc1cccc(NC(=O)[C@H]2C[C@H]2C)c1. The van der Waals surface area contributed by atoms with Crippen molar-refractivity contribution in [2.24, 2.45) is 11.8 Å². The maximum Gasteiger partial charge on any atom is 0.250 e. The highest BCUT2D eigenvalue weighted by atomic mass is 16.5. The van der Waals surface area contributed by atoms with Gasteiger partial charge in [0.25, 0.3) is 0 Å². The van der Waals surface area contributed by atoms with Gasteiger partial charge in [-0.25, -0.2) is 0 Å². The molecular weight excluding hydrogens is 244 g/mol. The van der Waals surface area contributed by atoms with Gasteiger partial charge < -0.3 is 15.4 Å². The molecule has 2 N–H and O–H groups in total. The van der Waals surface area contributed by atoms with Gasteiger partial charge >= 0.3 is 0 Å². The van der Waals surface area contributed by atoms with Gasteiger partial charge in [0.05, 0.1) is 0 Å². The number of hydrogen-bond acceptors (Lipinski definition) is 3. The topological polar surface area (TPSA) is 67.4 Å². The molecule has 2 amide bonds. The Morgan fingerprint density at radius 1 is 1.32 bits per heavy atom. The average molecular weight is 262 g/mol. The first kappa shape index (κ1) is 13.5. The number of ether oxygens (including phenoxy) is 1. The molecule has 2 rings (SSSR count). The number of methoxy groups -OCH3 is 1. The van der Waals surface area contributed by atoms with Crippen LogP contribution in [0, 0.1) is 11.8 Å². The number of rotatable bonds is 5. The molecule has 1 saturated carbocycles. The number of carbonyl (C=O) groups excluding carboxylic acids is 2. The molecule has 1 aromatic rings. The Bertz CT molecular complexity index is 487. The minimum Gasteiger partial charge on any atom is -0.375 e. The van der Waals surface area contributed by atoms with Crippen molar-refractivity contribution < 1.29 is 14.3 Å². The first-order valence-electron chi connectivity index (χ1n) is 6.30. The summed E-state index contributed by atoms with van der Waals surface area (Å²) in [6.45, 7) is 2.07. The van der Waals surface area contributed by atoms with Gasteiger partial charge in [-0.15, -0.1) is 0 Å². The Morgan fingerprint density at radius 2 is 1.95 bits per heavy atom. The number of hydrogen-bond donors (Lipinski definition) is 2. The van der Waals surface area contributed by atoms with E-state index in [0.29, 0.717) is 17.3 Å². The number of amides is 2. The first-order chi connectivity index (χ1) is 9.10. The Morgan fingerprint density at radius 3 is 2.53 bits per heavy atom. The summed E-state index contributed by atoms with van der Waals surface area (Å²) in [5.74, 6) is 0.436. The van der Waals surface area contributed by atoms with E-state index in [1.807, 2.05) is 0 Å². The molecule has 0 aromatic heterocycles. The molecule has 1 aromatic carbocycles.